The maximum atomic E-state index is 14.5. The molecule has 0 fully saturated rings. The number of aliphatic carboxylic acids is 1. The molecule has 0 aliphatic carbocycles. The number of amides is 4. The Labute approximate surface area is 546 Å². The Morgan fingerprint density at radius 1 is 0.707 bits per heavy atom. The number of hydrogen-bond donors (Lipinski definition) is 9. The number of aliphatic hydroxyl groups excluding tert-OH is 2. The van der Waals surface area contributed by atoms with Crippen molar-refractivity contribution >= 4 is 115 Å². The van der Waals surface area contributed by atoms with Gasteiger partial charge >= 0.3 is 11.9 Å². The van der Waals surface area contributed by atoms with Gasteiger partial charge in [-0.05, 0) is 48.7 Å². The van der Waals surface area contributed by atoms with E-state index in [0.29, 0.717) is 48.0 Å². The van der Waals surface area contributed by atoms with E-state index < -0.39 is 114 Å². The number of carboxylic acids is 1. The number of fused-ring (bicyclic) bond motifs is 14. The molecule has 10 bridgehead atoms. The van der Waals surface area contributed by atoms with Crippen molar-refractivity contribution in [1.82, 2.24) is 50.8 Å². The van der Waals surface area contributed by atoms with Crippen molar-refractivity contribution in [1.29, 1.82) is 0 Å². The zero-order chi connectivity index (χ0) is 65.7. The lowest BCUT2D eigenvalue weighted by atomic mass is 9.92. The number of phenolic OH excluding ortho intramolecular Hbond substituents is 1. The van der Waals surface area contributed by atoms with Gasteiger partial charge in [0.1, 0.15) is 94.6 Å². The number of carbonyl (C=O) groups excluding carboxylic acids is 7. The predicted octanol–water partition coefficient (Wildman–Crippen LogP) is 7.88. The maximum absolute atomic E-state index is 14.5. The number of phenols is 1. The van der Waals surface area contributed by atoms with Crippen molar-refractivity contribution in [3.63, 3.8) is 0 Å². The van der Waals surface area contributed by atoms with Crippen molar-refractivity contribution < 1.29 is 63.5 Å². The molecule has 8 heterocycles. The summed E-state index contributed by atoms with van der Waals surface area (Å²) in [5.74, 6) is -9.62. The number of aliphatic hydroxyl groups is 2. The Bertz CT molecular complexity index is 4340. The monoisotopic (exact) mass is 1350 g/mol. The number of aryl methyl sites for hydroxylation is 1. The first-order chi connectivity index (χ1) is 44.0. The van der Waals surface area contributed by atoms with E-state index in [1.165, 1.54) is 45.6 Å². The van der Waals surface area contributed by atoms with Crippen molar-refractivity contribution in [3.05, 3.63) is 172 Å². The molecule has 25 nitrogen and oxygen atoms in total. The minimum atomic E-state index is -1.49. The van der Waals surface area contributed by atoms with Crippen molar-refractivity contribution in [2.45, 2.75) is 69.7 Å². The van der Waals surface area contributed by atoms with Crippen LogP contribution in [0.25, 0.3) is 43.4 Å². The smallest absolute Gasteiger partial charge is 0.351 e. The minimum Gasteiger partial charge on any atom is -0.508 e. The summed E-state index contributed by atoms with van der Waals surface area (Å²) >= 11 is 6.63. The Hall–Kier alpha value is -9.31. The average Bonchev–Trinajstić information content (AvgIpc) is 1.65. The number of cyclic esters (lactones) is 1. The fourth-order valence-corrected chi connectivity index (χ4v) is 14.8. The molecule has 0 radical (unpaired) electrons. The normalized spacial score (nSPS) is 18.5. The van der Waals surface area contributed by atoms with Gasteiger partial charge in [-0.25, -0.2) is 39.7 Å². The van der Waals surface area contributed by atoms with E-state index in [4.69, 9.17) is 41.2 Å². The lowest BCUT2D eigenvalue weighted by Gasteiger charge is -2.28. The van der Waals surface area contributed by atoms with E-state index >= 15 is 0 Å². The van der Waals surface area contributed by atoms with Gasteiger partial charge in [0.05, 0.1) is 35.0 Å². The molecule has 1 aliphatic rings. The van der Waals surface area contributed by atoms with E-state index in [1.807, 2.05) is 5.32 Å². The van der Waals surface area contributed by atoms with E-state index in [9.17, 15) is 53.7 Å². The largest absolute Gasteiger partial charge is 0.508 e. The Morgan fingerprint density at radius 2 is 1.34 bits per heavy atom. The first-order valence-corrected chi connectivity index (χ1v) is 33.0. The molecule has 4 amide bonds. The topological polar surface area (TPSA) is 405 Å². The molecule has 0 saturated heterocycles. The summed E-state index contributed by atoms with van der Waals surface area (Å²) in [5, 5.41) is 58.8. The molecule has 31 heteroatoms. The quantitative estimate of drug-likeness (QED) is 0.0391. The molecular weight excluding hydrogens is 1300 g/mol. The number of aromatic nitrogens is 7. The van der Waals surface area contributed by atoms with E-state index in [1.54, 1.807) is 84.6 Å². The molecule has 9 aromatic rings. The second-order valence-electron chi connectivity index (χ2n) is 21.0. The highest BCUT2D eigenvalue weighted by molar-refractivity contribution is 7.15. The van der Waals surface area contributed by atoms with Gasteiger partial charge in [-0.1, -0.05) is 62.5 Å². The highest BCUT2D eigenvalue weighted by Gasteiger charge is 2.36. The molecule has 2 aromatic carbocycles. The van der Waals surface area contributed by atoms with Crippen LogP contribution >= 0.6 is 68.0 Å². The standard InChI is InChI=1S/C61H54N12O13S6/c1-26-44(20-74)86-61(85)33(16-30-10-12-34(75)13-11-30)18-43(77)38-22-91-59(68-38)49(50(79)31-8-6-5-7-9-31)72-53(82)47-29(4)92-54(73-47)32(19-45(62)78)17-42(76)37-21-87-55(67-37)35-14-15-36(66-48(35)39-23-88-57(69-39)41-25-90-58(71-41)46(26)63)56-70-40(24-89-56)52(81)64-27(2)51(80)65-28(3)60(83)84/h5-15,21-26,32-33,44,46,49-50,74-75,79H,2-3,16-20,63H2,1,4H3,(H2,62,78)(H,64,81)(H,65,80)(H,72,82)(H,83,84). The van der Waals surface area contributed by atoms with E-state index in [-0.39, 0.29) is 74.2 Å². The van der Waals surface area contributed by atoms with Crippen LogP contribution < -0.4 is 27.4 Å². The third kappa shape index (κ3) is 15.0. The SMILES string of the molecule is C=C(NC(=O)C(=C)NC(=O)c1csc(-c2ccc3c(n2)-c2csc(n2)-c2csc(n2)C(N)C(C)C(CO)OC(=O)C(Cc2ccc(O)cc2)CC(=O)c2csc(n2)C(C(O)c2ccccc2)NC(=O)c2nc(sc2C)C(CC(N)=O)CC(=O)c2csc-3n2)n1)C(=O)O. The predicted molar refractivity (Wildman–Crippen MR) is 344 cm³/mol. The van der Waals surface area contributed by atoms with Crippen LogP contribution in [0.4, 0.5) is 0 Å². The van der Waals surface area contributed by atoms with Crippen LogP contribution in [0.5, 0.6) is 5.75 Å². The number of Topliss-reactive ketones (excluding diaryl/α,β-unsaturated/α-hetero) is 2. The summed E-state index contributed by atoms with van der Waals surface area (Å²) in [6.07, 6.45) is -3.74. The van der Waals surface area contributed by atoms with Gasteiger partial charge in [-0.3, -0.25) is 33.6 Å². The average molecular weight is 1360 g/mol. The maximum Gasteiger partial charge on any atom is 0.351 e. The van der Waals surface area contributed by atoms with Crippen LogP contribution in [0.2, 0.25) is 0 Å². The molecule has 1 aliphatic heterocycles. The summed E-state index contributed by atoms with van der Waals surface area (Å²) in [7, 11) is 0. The van der Waals surface area contributed by atoms with Crippen LogP contribution in [-0.4, -0.2) is 115 Å². The highest BCUT2D eigenvalue weighted by atomic mass is 32.1. The Kier molecular flexibility index (Phi) is 20.3. The number of ketones is 2. The third-order valence-electron chi connectivity index (χ3n) is 14.6. The molecule has 7 unspecified atom stereocenters. The van der Waals surface area contributed by atoms with Gasteiger partial charge in [-0.15, -0.1) is 68.0 Å². The number of carbonyl (C=O) groups is 8. The number of pyridine rings is 1. The number of aromatic hydroxyl groups is 1. The Morgan fingerprint density at radius 3 is 2.05 bits per heavy atom. The number of thiazole rings is 6. The summed E-state index contributed by atoms with van der Waals surface area (Å²) in [6, 6.07) is 15.6. The summed E-state index contributed by atoms with van der Waals surface area (Å²) < 4.78 is 6.03. The Balaban J connectivity index is 1.02. The summed E-state index contributed by atoms with van der Waals surface area (Å²) in [4.78, 5) is 141. The van der Waals surface area contributed by atoms with Crippen LogP contribution in [0.3, 0.4) is 0 Å². The first-order valence-electron chi connectivity index (χ1n) is 27.8. The van der Waals surface area contributed by atoms with Gasteiger partial charge < -0.3 is 52.6 Å². The van der Waals surface area contributed by atoms with E-state index in [0.717, 1.165) is 45.3 Å². The van der Waals surface area contributed by atoms with E-state index in [2.05, 4.69) is 38.7 Å². The molecule has 0 saturated carbocycles. The molecule has 472 valence electrons. The van der Waals surface area contributed by atoms with Crippen LogP contribution in [0.1, 0.15) is 123 Å². The number of rotatable bonds is 13. The van der Waals surface area contributed by atoms with Gasteiger partial charge in [-0.2, -0.15) is 0 Å². The highest BCUT2D eigenvalue weighted by Crippen LogP contribution is 2.40. The number of hydrogen-bond acceptors (Lipinski definition) is 26. The molecule has 7 atom stereocenters. The van der Waals surface area contributed by atoms with Gasteiger partial charge in [0, 0.05) is 68.4 Å². The lowest BCUT2D eigenvalue weighted by Crippen LogP contribution is -2.37. The molecule has 0 spiro atoms. The van der Waals surface area contributed by atoms with Gasteiger partial charge in [0.25, 0.3) is 17.7 Å². The molecule has 92 heavy (non-hydrogen) atoms. The minimum absolute atomic E-state index is 0.0263. The van der Waals surface area contributed by atoms with Gasteiger partial charge in [0.2, 0.25) is 5.91 Å². The van der Waals surface area contributed by atoms with Crippen LogP contribution in [0.15, 0.2) is 118 Å². The van der Waals surface area contributed by atoms with Gasteiger partial charge in [0.15, 0.2) is 11.6 Å². The van der Waals surface area contributed by atoms with Crippen LogP contribution in [0, 0.1) is 18.8 Å². The summed E-state index contributed by atoms with van der Waals surface area (Å²) in [6.45, 7) is 9.41. The summed E-state index contributed by atoms with van der Waals surface area (Å²) in [5.41, 5.74) is 13.9. The molecule has 7 aromatic heterocycles. The number of esters is 1. The first kappa shape index (κ1) is 65.6. The number of carboxylic acid groups (broad SMARTS) is 1. The lowest BCUT2D eigenvalue weighted by molar-refractivity contribution is -0.159. The molecular formula is C61H54N12O13S6. The molecule has 11 N–H and O–H groups in total. The zero-order valence-corrected chi connectivity index (χ0v) is 53.3. The number of primary amides is 1. The third-order valence-corrected chi connectivity index (χ3v) is 20.2. The number of benzene rings is 2. The second kappa shape index (κ2) is 28.5. The second-order valence-corrected chi connectivity index (χ2v) is 26.6. The fourth-order valence-electron chi connectivity index (χ4n) is 9.53. The van der Waals surface area contributed by atoms with Crippen molar-refractivity contribution in [3.8, 4) is 49.1 Å². The molecule has 10 rings (SSSR count). The zero-order valence-electron chi connectivity index (χ0n) is 48.4. The van der Waals surface area contributed by atoms with Crippen molar-refractivity contribution in [2.24, 2.45) is 23.3 Å². The number of nitrogens with zero attached hydrogens (tertiary/aromatic N) is 7. The number of ether oxygens (including phenoxy) is 1. The fraction of sp³-hybridized carbons (Fsp3) is 0.230. The van der Waals surface area contributed by atoms with Crippen LogP contribution in [-0.2, 0) is 30.3 Å². The van der Waals surface area contributed by atoms with Crippen molar-refractivity contribution in [2.75, 3.05) is 6.61 Å². The number of nitrogens with two attached hydrogens (primary N) is 2. The number of nitrogens with one attached hydrogen (secondary N) is 3.